The summed E-state index contributed by atoms with van der Waals surface area (Å²) in [6, 6.07) is 3.86. The average Bonchev–Trinajstić information content (AvgIpc) is 2.37. The van der Waals surface area contributed by atoms with E-state index in [0.29, 0.717) is 23.6 Å². The maximum absolute atomic E-state index is 11.7. The lowest BCUT2D eigenvalue weighted by Gasteiger charge is -2.56. The Hall–Kier alpha value is -1.38. The molecule has 2 atom stereocenters. The Balaban J connectivity index is 1.96. The van der Waals surface area contributed by atoms with Crippen LogP contribution in [0.5, 0.6) is 0 Å². The van der Waals surface area contributed by atoms with E-state index >= 15 is 0 Å². The summed E-state index contributed by atoms with van der Waals surface area (Å²) in [6.45, 7) is 6.84. The molecule has 0 N–H and O–H groups in total. The Labute approximate surface area is 108 Å². The molecule has 0 aromatic carbocycles. The largest absolute Gasteiger partial charge is 0.461 e. The highest BCUT2D eigenvalue weighted by Gasteiger charge is 2.53. The normalized spacial score (nSPS) is 27.1. The van der Waals surface area contributed by atoms with Gasteiger partial charge < -0.3 is 4.74 Å². The first-order valence-electron chi connectivity index (χ1n) is 6.71. The first kappa shape index (κ1) is 11.7. The minimum absolute atomic E-state index is 0.306. The SMILES string of the molecule is CCOC(=O)c1ccc2c(n1)[C@@H]1C[C@H](C2)C1(C)C. The smallest absolute Gasteiger partial charge is 0.356 e. The molecule has 0 radical (unpaired) electrons. The summed E-state index contributed by atoms with van der Waals surface area (Å²) in [4.78, 5) is 16.3. The molecule has 2 bridgehead atoms. The van der Waals surface area contributed by atoms with Gasteiger partial charge >= 0.3 is 5.97 Å². The summed E-state index contributed by atoms with van der Waals surface area (Å²) in [5.74, 6) is 0.991. The summed E-state index contributed by atoms with van der Waals surface area (Å²) in [6.07, 6.45) is 2.33. The van der Waals surface area contributed by atoms with Crippen molar-refractivity contribution in [3.05, 3.63) is 29.1 Å². The van der Waals surface area contributed by atoms with Crippen molar-refractivity contribution in [2.24, 2.45) is 11.3 Å². The standard InChI is InChI=1S/C15H19NO2/c1-4-18-14(17)12-6-5-9-7-10-8-11(13(9)16-12)15(10,2)3/h5-6,10-11H,4,7-8H2,1-3H3/t10-,11-/m0/s1. The van der Waals surface area contributed by atoms with Gasteiger partial charge in [-0.15, -0.1) is 0 Å². The fourth-order valence-electron chi connectivity index (χ4n) is 3.39. The van der Waals surface area contributed by atoms with Crippen molar-refractivity contribution in [3.8, 4) is 0 Å². The molecule has 1 fully saturated rings. The number of hydrogen-bond acceptors (Lipinski definition) is 3. The van der Waals surface area contributed by atoms with Gasteiger partial charge in [0.2, 0.25) is 0 Å². The van der Waals surface area contributed by atoms with Crippen molar-refractivity contribution in [3.63, 3.8) is 0 Å². The summed E-state index contributed by atoms with van der Waals surface area (Å²) >= 11 is 0. The van der Waals surface area contributed by atoms with E-state index in [1.165, 1.54) is 12.0 Å². The van der Waals surface area contributed by atoms with Crippen LogP contribution in [0.25, 0.3) is 0 Å². The van der Waals surface area contributed by atoms with Crippen molar-refractivity contribution < 1.29 is 9.53 Å². The van der Waals surface area contributed by atoms with Gasteiger partial charge in [0.15, 0.2) is 0 Å². The molecule has 1 saturated carbocycles. The van der Waals surface area contributed by atoms with Crippen LogP contribution >= 0.6 is 0 Å². The summed E-state index contributed by atoms with van der Waals surface area (Å²) in [7, 11) is 0. The van der Waals surface area contributed by atoms with Crippen LogP contribution in [0, 0.1) is 11.3 Å². The Morgan fingerprint density at radius 3 is 2.94 bits per heavy atom. The molecule has 0 aliphatic heterocycles. The van der Waals surface area contributed by atoms with E-state index < -0.39 is 0 Å². The minimum atomic E-state index is -0.306. The van der Waals surface area contributed by atoms with E-state index in [1.54, 1.807) is 6.07 Å². The average molecular weight is 245 g/mol. The van der Waals surface area contributed by atoms with Gasteiger partial charge in [-0.05, 0) is 42.7 Å². The molecule has 18 heavy (non-hydrogen) atoms. The third-order valence-corrected chi connectivity index (χ3v) is 4.76. The second-order valence-corrected chi connectivity index (χ2v) is 5.97. The van der Waals surface area contributed by atoms with E-state index in [9.17, 15) is 4.79 Å². The van der Waals surface area contributed by atoms with Crippen molar-refractivity contribution >= 4 is 5.97 Å². The number of esters is 1. The maximum Gasteiger partial charge on any atom is 0.356 e. The minimum Gasteiger partial charge on any atom is -0.461 e. The summed E-state index contributed by atoms with van der Waals surface area (Å²) in [5.41, 5.74) is 3.25. The highest BCUT2D eigenvalue weighted by Crippen LogP contribution is 2.61. The second-order valence-electron chi connectivity index (χ2n) is 5.97. The molecule has 0 amide bonds. The Bertz CT molecular complexity index is 507. The van der Waals surface area contributed by atoms with E-state index in [1.807, 2.05) is 6.92 Å². The molecule has 3 nitrogen and oxygen atoms in total. The number of nitrogens with zero attached hydrogens (tertiary/aromatic N) is 1. The van der Waals surface area contributed by atoms with Crippen molar-refractivity contribution in [2.75, 3.05) is 6.61 Å². The van der Waals surface area contributed by atoms with Crippen LogP contribution in [0.3, 0.4) is 0 Å². The summed E-state index contributed by atoms with van der Waals surface area (Å²) < 4.78 is 5.02. The zero-order valence-electron chi connectivity index (χ0n) is 11.2. The molecule has 96 valence electrons. The highest BCUT2D eigenvalue weighted by atomic mass is 16.5. The van der Waals surface area contributed by atoms with Gasteiger partial charge in [-0.2, -0.15) is 0 Å². The first-order chi connectivity index (χ1) is 8.54. The van der Waals surface area contributed by atoms with Crippen molar-refractivity contribution in [1.82, 2.24) is 4.98 Å². The molecule has 3 aliphatic rings. The molecule has 3 heteroatoms. The predicted molar refractivity (Wildman–Crippen MR) is 68.5 cm³/mol. The van der Waals surface area contributed by atoms with Crippen LogP contribution in [0.4, 0.5) is 0 Å². The van der Waals surface area contributed by atoms with Gasteiger partial charge in [0.05, 0.1) is 6.61 Å². The number of aromatic nitrogens is 1. The van der Waals surface area contributed by atoms with E-state index in [4.69, 9.17) is 4.74 Å². The maximum atomic E-state index is 11.7. The second kappa shape index (κ2) is 3.81. The van der Waals surface area contributed by atoms with Gasteiger partial charge in [0, 0.05) is 11.6 Å². The predicted octanol–water partition coefficient (Wildman–Crippen LogP) is 2.94. The Kier molecular flexibility index (Phi) is 2.47. The third kappa shape index (κ3) is 1.49. The molecule has 0 unspecified atom stereocenters. The number of carbonyl (C=O) groups is 1. The van der Waals surface area contributed by atoms with Gasteiger partial charge in [0.25, 0.3) is 0 Å². The number of pyridine rings is 1. The summed E-state index contributed by atoms with van der Waals surface area (Å²) in [5, 5.41) is 0. The van der Waals surface area contributed by atoms with E-state index in [2.05, 4.69) is 24.9 Å². The van der Waals surface area contributed by atoms with Crippen LogP contribution in [0.1, 0.15) is 54.9 Å². The van der Waals surface area contributed by atoms with Gasteiger partial charge in [-0.25, -0.2) is 9.78 Å². The molecule has 0 spiro atoms. The fraction of sp³-hybridized carbons (Fsp3) is 0.600. The number of carbonyl (C=O) groups excluding carboxylic acids is 1. The number of hydrogen-bond donors (Lipinski definition) is 0. The zero-order chi connectivity index (χ0) is 12.9. The van der Waals surface area contributed by atoms with Crippen LogP contribution < -0.4 is 0 Å². The molecule has 4 rings (SSSR count). The Morgan fingerprint density at radius 2 is 2.28 bits per heavy atom. The number of ether oxygens (including phenoxy) is 1. The first-order valence-corrected chi connectivity index (χ1v) is 6.71. The van der Waals surface area contributed by atoms with E-state index in [0.717, 1.165) is 18.0 Å². The highest BCUT2D eigenvalue weighted by molar-refractivity contribution is 5.87. The lowest BCUT2D eigenvalue weighted by Crippen LogP contribution is -2.48. The van der Waals surface area contributed by atoms with Crippen LogP contribution in [-0.2, 0) is 11.2 Å². The van der Waals surface area contributed by atoms with Crippen molar-refractivity contribution in [1.29, 1.82) is 0 Å². The van der Waals surface area contributed by atoms with Crippen LogP contribution in [0.2, 0.25) is 0 Å². The molecule has 1 aromatic rings. The molecule has 3 aliphatic carbocycles. The Morgan fingerprint density at radius 1 is 1.50 bits per heavy atom. The molecule has 0 saturated heterocycles. The van der Waals surface area contributed by atoms with Crippen molar-refractivity contribution in [2.45, 2.75) is 39.5 Å². The lowest BCUT2D eigenvalue weighted by atomic mass is 9.48. The molecule has 1 aromatic heterocycles. The molecule has 1 heterocycles. The molecular weight excluding hydrogens is 226 g/mol. The lowest BCUT2D eigenvalue weighted by molar-refractivity contribution is 0.0150. The topological polar surface area (TPSA) is 39.2 Å². The van der Waals surface area contributed by atoms with Gasteiger partial charge in [-0.1, -0.05) is 19.9 Å². The van der Waals surface area contributed by atoms with Crippen LogP contribution in [-0.4, -0.2) is 17.6 Å². The third-order valence-electron chi connectivity index (χ3n) is 4.76. The monoisotopic (exact) mass is 245 g/mol. The van der Waals surface area contributed by atoms with Gasteiger partial charge in [0.1, 0.15) is 5.69 Å². The molecular formula is C15H19NO2. The quantitative estimate of drug-likeness (QED) is 0.752. The number of rotatable bonds is 2. The van der Waals surface area contributed by atoms with E-state index in [-0.39, 0.29) is 5.97 Å². The van der Waals surface area contributed by atoms with Crippen LogP contribution in [0.15, 0.2) is 12.1 Å². The fourth-order valence-corrected chi connectivity index (χ4v) is 3.39. The zero-order valence-corrected chi connectivity index (χ0v) is 11.2. The van der Waals surface area contributed by atoms with Gasteiger partial charge in [-0.3, -0.25) is 0 Å².